The van der Waals surface area contributed by atoms with Gasteiger partial charge in [-0.1, -0.05) is 13.8 Å². The van der Waals surface area contributed by atoms with Crippen LogP contribution in [-0.4, -0.2) is 55.2 Å². The summed E-state index contributed by atoms with van der Waals surface area (Å²) in [4.78, 5) is 25.1. The van der Waals surface area contributed by atoms with Crippen molar-refractivity contribution in [3.05, 3.63) is 16.8 Å². The van der Waals surface area contributed by atoms with Crippen molar-refractivity contribution in [1.29, 1.82) is 0 Å². The summed E-state index contributed by atoms with van der Waals surface area (Å²) in [5, 5.41) is 0. The first-order chi connectivity index (χ1) is 10.1. The fourth-order valence-electron chi connectivity index (χ4n) is 2.19. The van der Waals surface area contributed by atoms with E-state index in [0.717, 1.165) is 26.2 Å². The standard InChI is InChI=1S/C7H8B3NO.C5H9NO.C2H6/c1-5(12)11-2-6-7(3-11)10-9-4-8-6;1-5(7)6-3-2-4-6;1-2/h4H,2-3H2,1H3;2-4H2,1H3;1-2H3. The predicted molar refractivity (Wildman–Crippen MR) is 88.6 cm³/mol. The van der Waals surface area contributed by atoms with Gasteiger partial charge < -0.3 is 4.90 Å². The van der Waals surface area contributed by atoms with E-state index in [1.54, 1.807) is 13.8 Å². The van der Waals surface area contributed by atoms with E-state index in [9.17, 15) is 9.59 Å². The molecule has 1 saturated heterocycles. The van der Waals surface area contributed by atoms with Crippen LogP contribution in [-0.2, 0) is 22.7 Å². The fourth-order valence-corrected chi connectivity index (χ4v) is 2.19. The molecule has 0 aliphatic carbocycles. The van der Waals surface area contributed by atoms with Crippen molar-refractivity contribution in [2.24, 2.45) is 0 Å². The summed E-state index contributed by atoms with van der Waals surface area (Å²) < 4.78 is 0. The van der Waals surface area contributed by atoms with Gasteiger partial charge in [0.05, 0.1) is 0 Å². The second-order valence-corrected chi connectivity index (χ2v) is 5.00. The van der Waals surface area contributed by atoms with Gasteiger partial charge in [-0.15, -0.1) is 0 Å². The molecule has 1 aromatic heterocycles. The number of amides is 2. The van der Waals surface area contributed by atoms with Gasteiger partial charge in [-0.3, -0.25) is 4.79 Å². The van der Waals surface area contributed by atoms with E-state index in [1.165, 1.54) is 17.3 Å². The predicted octanol–water partition coefficient (Wildman–Crippen LogP) is 0.828. The van der Waals surface area contributed by atoms with Gasteiger partial charge in [-0.25, -0.2) is 0 Å². The summed E-state index contributed by atoms with van der Waals surface area (Å²) in [6.07, 6.45) is 1.19. The number of fused-ring (bicyclic) bond motifs is 1. The van der Waals surface area contributed by atoms with Gasteiger partial charge in [0.1, 0.15) is 0 Å². The number of carbonyl (C=O) groups is 2. The van der Waals surface area contributed by atoms with Gasteiger partial charge >= 0.3 is 72.9 Å². The summed E-state index contributed by atoms with van der Waals surface area (Å²) in [6.45, 7) is 16.9. The quantitative estimate of drug-likeness (QED) is 0.708. The average molecular weight is 284 g/mol. The second kappa shape index (κ2) is 8.91. The van der Waals surface area contributed by atoms with Gasteiger partial charge in [0.25, 0.3) is 0 Å². The monoisotopic (exact) mass is 284 g/mol. The molecule has 2 aliphatic heterocycles. The molecule has 0 bridgehead atoms. The maximum absolute atomic E-state index is 11.0. The summed E-state index contributed by atoms with van der Waals surface area (Å²) in [5.41, 5.74) is 2.57. The molecular weight excluding hydrogens is 261 g/mol. The molecule has 21 heavy (non-hydrogen) atoms. The number of hydrogen-bond acceptors (Lipinski definition) is 2. The normalized spacial score (nSPS) is 14.3. The Morgan fingerprint density at radius 3 is 1.95 bits per heavy atom. The molecule has 1 aromatic rings. The van der Waals surface area contributed by atoms with Crippen LogP contribution in [0, 0.1) is 0 Å². The van der Waals surface area contributed by atoms with Gasteiger partial charge in [-0.2, -0.15) is 0 Å². The molecule has 7 heteroatoms. The third-order valence-electron chi connectivity index (χ3n) is 3.59. The second-order valence-electron chi connectivity index (χ2n) is 5.00. The van der Waals surface area contributed by atoms with Crippen LogP contribution in [0.15, 0.2) is 5.86 Å². The fraction of sp³-hybridized carbons (Fsp3) is 0.643. The van der Waals surface area contributed by atoms with Crippen LogP contribution in [0.3, 0.4) is 0 Å². The van der Waals surface area contributed by atoms with E-state index < -0.39 is 0 Å². The first-order valence-corrected chi connectivity index (χ1v) is 7.65. The zero-order chi connectivity index (χ0) is 15.8. The Bertz CT molecular complexity index is 468. The molecule has 0 atom stereocenters. The zero-order valence-corrected chi connectivity index (χ0v) is 13.6. The van der Waals surface area contributed by atoms with Crippen molar-refractivity contribution in [3.8, 4) is 0 Å². The number of nitrogens with zero attached hydrogens (tertiary/aromatic N) is 2. The van der Waals surface area contributed by atoms with Crippen LogP contribution >= 0.6 is 0 Å². The van der Waals surface area contributed by atoms with E-state index >= 15 is 0 Å². The number of likely N-dealkylation sites (tertiary alicyclic amines) is 1. The van der Waals surface area contributed by atoms with Gasteiger partial charge in [0.2, 0.25) is 5.91 Å². The topological polar surface area (TPSA) is 40.6 Å². The molecule has 2 amide bonds. The summed E-state index contributed by atoms with van der Waals surface area (Å²) in [7, 11) is 0. The van der Waals surface area contributed by atoms with E-state index in [4.69, 9.17) is 0 Å². The summed E-state index contributed by atoms with van der Waals surface area (Å²) in [6, 6.07) is 0. The molecule has 0 spiro atoms. The molecule has 0 radical (unpaired) electrons. The SMILES string of the molecule is CC.CC(=O)N1CCC1.CC(=O)N1Cc2bbcbc2C1. The molecule has 4 nitrogen and oxygen atoms in total. The van der Waals surface area contributed by atoms with Gasteiger partial charge in [-0.05, 0) is 6.42 Å². The van der Waals surface area contributed by atoms with Gasteiger partial charge in [0.15, 0.2) is 0 Å². The van der Waals surface area contributed by atoms with E-state index in [2.05, 4.69) is 13.7 Å². The van der Waals surface area contributed by atoms with Crippen molar-refractivity contribution in [1.82, 2.24) is 9.80 Å². The minimum atomic E-state index is 0.159. The average Bonchev–Trinajstić information content (AvgIpc) is 2.83. The maximum atomic E-state index is 11.0. The molecular formula is C14H23B3N2O2. The van der Waals surface area contributed by atoms with Crippen molar-refractivity contribution in [2.45, 2.75) is 47.2 Å². The number of hydrogen-bond donors (Lipinski definition) is 0. The Morgan fingerprint density at radius 1 is 1.00 bits per heavy atom. The van der Waals surface area contributed by atoms with Crippen LogP contribution in [0.25, 0.3) is 0 Å². The molecule has 0 unspecified atom stereocenters. The van der Waals surface area contributed by atoms with E-state index in [1.807, 2.05) is 36.3 Å². The van der Waals surface area contributed by atoms with Crippen LogP contribution in [0.4, 0.5) is 0 Å². The molecule has 1 fully saturated rings. The number of carbonyl (C=O) groups excluding carboxylic acids is 2. The summed E-state index contributed by atoms with van der Waals surface area (Å²) >= 11 is 0. The molecule has 110 valence electrons. The van der Waals surface area contributed by atoms with Crippen LogP contribution in [0.2, 0.25) is 0 Å². The molecule has 0 aromatic carbocycles. The Labute approximate surface area is 129 Å². The molecule has 3 rings (SSSR count). The molecule has 3 heterocycles. The Hall–Kier alpha value is -1.26. The van der Waals surface area contributed by atoms with Gasteiger partial charge in [0, 0.05) is 20.0 Å². The van der Waals surface area contributed by atoms with Crippen molar-refractivity contribution < 1.29 is 9.59 Å². The van der Waals surface area contributed by atoms with Crippen molar-refractivity contribution >= 4 is 32.3 Å². The zero-order valence-electron chi connectivity index (χ0n) is 13.6. The Morgan fingerprint density at radius 2 is 1.57 bits per heavy atom. The van der Waals surface area contributed by atoms with E-state index in [-0.39, 0.29) is 11.8 Å². The van der Waals surface area contributed by atoms with Crippen LogP contribution in [0.1, 0.15) is 45.0 Å². The molecule has 0 saturated carbocycles. The van der Waals surface area contributed by atoms with E-state index in [0.29, 0.717) is 0 Å². The third-order valence-corrected chi connectivity index (χ3v) is 3.59. The number of rotatable bonds is 0. The Balaban J connectivity index is 0.000000210. The summed E-state index contributed by atoms with van der Waals surface area (Å²) in [5.74, 6) is 2.39. The van der Waals surface area contributed by atoms with Crippen molar-refractivity contribution in [2.75, 3.05) is 13.1 Å². The van der Waals surface area contributed by atoms with Crippen molar-refractivity contribution in [3.63, 3.8) is 0 Å². The van der Waals surface area contributed by atoms with Crippen LogP contribution in [0.5, 0.6) is 0 Å². The minimum absolute atomic E-state index is 0.159. The van der Waals surface area contributed by atoms with Crippen LogP contribution < -0.4 is 0 Å². The third kappa shape index (κ3) is 5.22. The first-order valence-electron chi connectivity index (χ1n) is 7.65. The Kier molecular flexibility index (Phi) is 7.55. The molecule has 0 N–H and O–H groups in total. The molecule has 2 aliphatic rings. The first kappa shape index (κ1) is 17.8.